The summed E-state index contributed by atoms with van der Waals surface area (Å²) in [6.45, 7) is 0. The molecule has 10 heteroatoms. The van der Waals surface area contributed by atoms with Gasteiger partial charge in [-0.3, -0.25) is 4.79 Å². The second-order valence-electron chi connectivity index (χ2n) is 5.94. The molecule has 146 valence electrons. The third-order valence-electron chi connectivity index (χ3n) is 3.88. The molecule has 0 saturated carbocycles. The molecule has 0 unspecified atom stereocenters. The molecule has 0 bridgehead atoms. The maximum absolute atomic E-state index is 13.5. The lowest BCUT2D eigenvalue weighted by Crippen LogP contribution is -2.14. The van der Waals surface area contributed by atoms with Gasteiger partial charge in [0.25, 0.3) is 0 Å². The zero-order valence-electron chi connectivity index (χ0n) is 14.6. The van der Waals surface area contributed by atoms with Gasteiger partial charge in [0.05, 0.1) is 15.8 Å². The molecule has 1 N–H and O–H groups in total. The number of hydrogen-bond acceptors (Lipinski definition) is 5. The van der Waals surface area contributed by atoms with Crippen molar-refractivity contribution in [3.05, 3.63) is 70.5 Å². The number of benzene rings is 2. The molecule has 0 aliphatic rings. The topological polar surface area (TPSA) is 72.2 Å². The van der Waals surface area contributed by atoms with Crippen LogP contribution in [0.5, 0.6) is 0 Å². The van der Waals surface area contributed by atoms with Crippen LogP contribution in [0.2, 0.25) is 10.0 Å². The van der Waals surface area contributed by atoms with Crippen LogP contribution >= 0.6 is 35.0 Å². The third kappa shape index (κ3) is 4.50. The summed E-state index contributed by atoms with van der Waals surface area (Å²) >= 11 is 13.1. The van der Waals surface area contributed by atoms with Gasteiger partial charge in [0, 0.05) is 11.3 Å². The van der Waals surface area contributed by atoms with Crippen molar-refractivity contribution in [3.8, 4) is 11.4 Å². The van der Waals surface area contributed by atoms with Gasteiger partial charge < -0.3 is 5.32 Å². The van der Waals surface area contributed by atoms with Crippen LogP contribution < -0.4 is 5.32 Å². The van der Waals surface area contributed by atoms with Crippen LogP contribution in [-0.2, 0) is 4.79 Å². The minimum atomic E-state index is -0.372. The molecule has 0 spiro atoms. The Hall–Kier alpha value is -2.68. The second-order valence-corrected chi connectivity index (χ2v) is 7.75. The van der Waals surface area contributed by atoms with Gasteiger partial charge in [0.1, 0.15) is 10.8 Å². The lowest BCUT2D eigenvalue weighted by atomic mass is 10.2. The summed E-state index contributed by atoms with van der Waals surface area (Å²) in [4.78, 5) is 12.2. The number of aromatic nitrogens is 4. The van der Waals surface area contributed by atoms with Crippen LogP contribution in [0.25, 0.3) is 17.0 Å². The van der Waals surface area contributed by atoms with E-state index in [9.17, 15) is 9.18 Å². The van der Waals surface area contributed by atoms with Crippen molar-refractivity contribution < 1.29 is 9.18 Å². The van der Waals surface area contributed by atoms with Gasteiger partial charge in [-0.2, -0.15) is 9.61 Å². The van der Waals surface area contributed by atoms with Gasteiger partial charge >= 0.3 is 0 Å². The molecule has 1 amide bonds. The monoisotopic (exact) mass is 447 g/mol. The average molecular weight is 448 g/mol. The van der Waals surface area contributed by atoms with E-state index in [0.717, 1.165) is 0 Å². The van der Waals surface area contributed by atoms with E-state index in [-0.39, 0.29) is 17.5 Å². The van der Waals surface area contributed by atoms with Crippen LogP contribution in [-0.4, -0.2) is 31.5 Å². The predicted octanol–water partition coefficient (Wildman–Crippen LogP) is 4.97. The second kappa shape index (κ2) is 8.36. The smallest absolute Gasteiger partial charge is 0.234 e. The quantitative estimate of drug-likeness (QED) is 0.437. The summed E-state index contributed by atoms with van der Waals surface area (Å²) in [6.07, 6.45) is 0. The number of nitrogens with one attached hydrogen (secondary N) is 1. The lowest BCUT2D eigenvalue weighted by molar-refractivity contribution is -0.113. The van der Waals surface area contributed by atoms with Gasteiger partial charge in [-0.15, -0.1) is 10.2 Å². The highest BCUT2D eigenvalue weighted by Gasteiger charge is 2.12. The maximum Gasteiger partial charge on any atom is 0.234 e. The molecule has 0 atom stereocenters. The normalized spacial score (nSPS) is 11.0. The summed E-state index contributed by atoms with van der Waals surface area (Å²) in [5.74, 6) is -0.0359. The van der Waals surface area contributed by atoms with E-state index in [0.29, 0.717) is 37.8 Å². The number of halogens is 3. The summed E-state index contributed by atoms with van der Waals surface area (Å²) < 4.78 is 15.1. The average Bonchev–Trinajstić information content (AvgIpc) is 3.12. The minimum Gasteiger partial charge on any atom is -0.325 e. The number of carbonyl (C=O) groups is 1. The van der Waals surface area contributed by atoms with Crippen LogP contribution in [0.3, 0.4) is 0 Å². The van der Waals surface area contributed by atoms with E-state index >= 15 is 0 Å². The fraction of sp³-hybridized carbons (Fsp3) is 0.0526. The van der Waals surface area contributed by atoms with E-state index in [1.54, 1.807) is 42.5 Å². The van der Waals surface area contributed by atoms with Crippen molar-refractivity contribution in [2.45, 2.75) is 5.03 Å². The number of hydrogen-bond donors (Lipinski definition) is 1. The first kappa shape index (κ1) is 19.6. The van der Waals surface area contributed by atoms with E-state index in [1.165, 1.54) is 28.4 Å². The largest absolute Gasteiger partial charge is 0.325 e. The molecule has 0 aliphatic heterocycles. The number of amides is 1. The Morgan fingerprint density at radius 3 is 2.72 bits per heavy atom. The Bertz CT molecular complexity index is 1220. The number of thioether (sulfide) groups is 1. The van der Waals surface area contributed by atoms with Crippen LogP contribution in [0, 0.1) is 5.82 Å². The Morgan fingerprint density at radius 2 is 1.93 bits per heavy atom. The van der Waals surface area contributed by atoms with E-state index < -0.39 is 0 Å². The summed E-state index contributed by atoms with van der Waals surface area (Å²) in [7, 11) is 0. The molecule has 0 aliphatic carbocycles. The van der Waals surface area contributed by atoms with Crippen molar-refractivity contribution >= 4 is 52.2 Å². The highest BCUT2D eigenvalue weighted by atomic mass is 35.5. The highest BCUT2D eigenvalue weighted by Crippen LogP contribution is 2.25. The molecule has 0 radical (unpaired) electrons. The molecule has 0 fully saturated rings. The molecular formula is C19H12Cl2FN5OS. The van der Waals surface area contributed by atoms with Gasteiger partial charge in [0.2, 0.25) is 5.91 Å². The van der Waals surface area contributed by atoms with Crippen LogP contribution in [0.4, 0.5) is 10.1 Å². The van der Waals surface area contributed by atoms with E-state index in [1.807, 2.05) is 0 Å². The minimum absolute atomic E-state index is 0.135. The molecule has 4 rings (SSSR count). The summed E-state index contributed by atoms with van der Waals surface area (Å²) in [6, 6.07) is 14.4. The first-order chi connectivity index (χ1) is 14.0. The van der Waals surface area contributed by atoms with Gasteiger partial charge in [-0.1, -0.05) is 47.1 Å². The maximum atomic E-state index is 13.5. The van der Waals surface area contributed by atoms with Crippen molar-refractivity contribution in [2.75, 3.05) is 11.1 Å². The molecule has 2 aromatic heterocycles. The molecular weight excluding hydrogens is 436 g/mol. The molecule has 29 heavy (non-hydrogen) atoms. The van der Waals surface area contributed by atoms with Gasteiger partial charge in [-0.25, -0.2) is 4.39 Å². The third-order valence-corrected chi connectivity index (χ3v) is 5.53. The van der Waals surface area contributed by atoms with Gasteiger partial charge in [-0.05, 0) is 42.5 Å². The van der Waals surface area contributed by atoms with Crippen molar-refractivity contribution in [3.63, 3.8) is 0 Å². The number of carbonyl (C=O) groups excluding carboxylic acids is 1. The fourth-order valence-electron chi connectivity index (χ4n) is 2.57. The van der Waals surface area contributed by atoms with Crippen LogP contribution in [0.15, 0.2) is 59.6 Å². The van der Waals surface area contributed by atoms with Crippen molar-refractivity contribution in [1.82, 2.24) is 19.8 Å². The van der Waals surface area contributed by atoms with E-state index in [4.69, 9.17) is 23.2 Å². The molecule has 4 aromatic rings. The Labute approximate surface area is 179 Å². The van der Waals surface area contributed by atoms with E-state index in [2.05, 4.69) is 20.6 Å². The SMILES string of the molecule is O=C(CSc1ccc2nnc(-c3cccc(F)c3)n2n1)Nc1ccc(Cl)c(Cl)c1. The Morgan fingerprint density at radius 1 is 1.07 bits per heavy atom. The standard InChI is InChI=1S/C19H12Cl2FN5OS/c20-14-5-4-13(9-15(14)21)23-17(28)10-29-18-7-6-16-24-25-19(27(16)26-18)11-2-1-3-12(22)8-11/h1-9H,10H2,(H,23,28). The van der Waals surface area contributed by atoms with Crippen LogP contribution in [0.1, 0.15) is 0 Å². The van der Waals surface area contributed by atoms with Crippen molar-refractivity contribution in [1.29, 1.82) is 0 Å². The zero-order valence-corrected chi connectivity index (χ0v) is 17.0. The molecule has 2 aromatic carbocycles. The zero-order chi connectivity index (χ0) is 20.4. The first-order valence-corrected chi connectivity index (χ1v) is 10.1. The first-order valence-electron chi connectivity index (χ1n) is 8.36. The number of rotatable bonds is 5. The lowest BCUT2D eigenvalue weighted by Gasteiger charge is -2.06. The van der Waals surface area contributed by atoms with Gasteiger partial charge in [0.15, 0.2) is 11.5 Å². The summed E-state index contributed by atoms with van der Waals surface area (Å²) in [5.41, 5.74) is 1.64. The Balaban J connectivity index is 1.49. The number of nitrogens with zero attached hydrogens (tertiary/aromatic N) is 4. The molecule has 0 saturated heterocycles. The van der Waals surface area contributed by atoms with Crippen molar-refractivity contribution in [2.24, 2.45) is 0 Å². The number of fused-ring (bicyclic) bond motifs is 1. The highest BCUT2D eigenvalue weighted by molar-refractivity contribution is 7.99. The molecule has 6 nitrogen and oxygen atoms in total. The number of anilines is 1. The summed E-state index contributed by atoms with van der Waals surface area (Å²) in [5, 5.41) is 16.7. The fourth-order valence-corrected chi connectivity index (χ4v) is 3.52. The Kier molecular flexibility index (Phi) is 5.66. The molecule has 2 heterocycles. The predicted molar refractivity (Wildman–Crippen MR) is 112 cm³/mol.